The molecule has 8 aromatic carbocycles. The summed E-state index contributed by atoms with van der Waals surface area (Å²) in [6.45, 7) is 23.5. The molecule has 4 aliphatic rings. The van der Waals surface area contributed by atoms with Gasteiger partial charge in [-0.1, -0.05) is 288 Å². The molecule has 0 bridgehead atoms. The highest BCUT2D eigenvalue weighted by Crippen LogP contribution is 2.53. The minimum atomic E-state index is -0.693. The van der Waals surface area contributed by atoms with Gasteiger partial charge in [0.05, 0.1) is 48.3 Å². The van der Waals surface area contributed by atoms with Crippen LogP contribution in [0.1, 0.15) is 245 Å². The summed E-state index contributed by atoms with van der Waals surface area (Å²) in [5.74, 6) is 1.29. The lowest BCUT2D eigenvalue weighted by molar-refractivity contribution is -0.180. The number of benzene rings is 8. The molecule has 28 nitrogen and oxygen atoms in total. The minimum absolute atomic E-state index is 0.142. The van der Waals surface area contributed by atoms with E-state index in [1.807, 2.05) is 214 Å². The van der Waals surface area contributed by atoms with Gasteiger partial charge in [0.15, 0.2) is 23.3 Å². The Hall–Kier alpha value is -11.0. The number of halogens is 8. The van der Waals surface area contributed by atoms with Crippen LogP contribution in [0.5, 0.6) is 0 Å². The first-order valence-electron chi connectivity index (χ1n) is 43.4. The van der Waals surface area contributed by atoms with E-state index in [9.17, 15) is 19.2 Å². The van der Waals surface area contributed by atoms with Crippen molar-refractivity contribution in [2.75, 3.05) is 0 Å². The van der Waals surface area contributed by atoms with Crippen LogP contribution in [-0.4, -0.2) is 150 Å². The van der Waals surface area contributed by atoms with Gasteiger partial charge in [0, 0.05) is 65.9 Å². The van der Waals surface area contributed by atoms with Gasteiger partial charge in [-0.2, -0.15) is 20.9 Å². The highest BCUT2D eigenvalue weighted by molar-refractivity contribution is 6.32. The number of tetrazole rings is 4. The summed E-state index contributed by atoms with van der Waals surface area (Å²) in [5, 5.41) is 63.7. The fourth-order valence-electron chi connectivity index (χ4n) is 17.3. The van der Waals surface area contributed by atoms with Gasteiger partial charge in [0.1, 0.15) is 48.8 Å². The number of morpholine rings is 4. The highest BCUT2D eigenvalue weighted by atomic mass is 35.5. The molecule has 2 unspecified atom stereocenters. The van der Waals surface area contributed by atoms with E-state index in [0.29, 0.717) is 115 Å². The number of carbonyl (C=O) groups is 4. The number of aromatic nitrogens is 16. The van der Waals surface area contributed by atoms with Crippen LogP contribution in [0.4, 0.5) is 0 Å². The van der Waals surface area contributed by atoms with E-state index in [-0.39, 0.29) is 47.8 Å². The predicted molar refractivity (Wildman–Crippen MR) is 507 cm³/mol. The van der Waals surface area contributed by atoms with Crippen molar-refractivity contribution >= 4 is 116 Å². The average molecular weight is 1950 g/mol. The number of amides is 4. The Bertz CT molecular complexity index is 5060. The Morgan fingerprint density at radius 2 is 0.492 bits per heavy atom. The number of H-pyrrole nitrogens is 4. The van der Waals surface area contributed by atoms with Crippen molar-refractivity contribution in [1.29, 1.82) is 0 Å². The second kappa shape index (κ2) is 47.6. The van der Waals surface area contributed by atoms with Gasteiger partial charge < -0.3 is 38.5 Å². The Balaban J connectivity index is 0.000000150. The average Bonchev–Trinajstić information content (AvgIpc) is 1.06. The van der Waals surface area contributed by atoms with E-state index in [1.165, 1.54) is 0 Å². The molecular formula is C96H100Cl8N20O8. The number of rotatable bonds is 32. The van der Waals surface area contributed by atoms with Gasteiger partial charge >= 0.3 is 0 Å². The van der Waals surface area contributed by atoms with E-state index in [4.69, 9.17) is 112 Å². The maximum atomic E-state index is 13.8. The van der Waals surface area contributed by atoms with Gasteiger partial charge in [-0.15, -0.1) is 67.1 Å². The summed E-state index contributed by atoms with van der Waals surface area (Å²) in [5.41, 5.74) is 7.04. The maximum absolute atomic E-state index is 13.8. The van der Waals surface area contributed by atoms with Crippen molar-refractivity contribution in [3.05, 3.63) is 353 Å². The third-order valence-electron chi connectivity index (χ3n) is 23.0. The van der Waals surface area contributed by atoms with E-state index in [1.54, 1.807) is 24.3 Å². The molecule has 16 atom stereocenters. The zero-order valence-corrected chi connectivity index (χ0v) is 78.8. The Morgan fingerprint density at radius 3 is 0.652 bits per heavy atom. The largest absolute Gasteiger partial charge is 0.358 e. The number of nitrogens with one attached hydrogen (secondary N) is 4. The third-order valence-corrected chi connectivity index (χ3v) is 25.0. The van der Waals surface area contributed by atoms with Crippen LogP contribution in [-0.2, 0) is 38.1 Å². The summed E-state index contributed by atoms with van der Waals surface area (Å²) in [6, 6.07) is 56.6. The molecule has 0 saturated carbocycles. The molecule has 8 heterocycles. The van der Waals surface area contributed by atoms with Crippen LogP contribution < -0.4 is 0 Å². The number of hydrogen-bond donors (Lipinski definition) is 4. The van der Waals surface area contributed by atoms with Crippen molar-refractivity contribution in [2.24, 2.45) is 0 Å². The summed E-state index contributed by atoms with van der Waals surface area (Å²) in [6.07, 6.45) is 9.60. The zero-order chi connectivity index (χ0) is 93.5. The summed E-state index contributed by atoms with van der Waals surface area (Å²) in [4.78, 5) is 62.7. The van der Waals surface area contributed by atoms with E-state index in [0.717, 1.165) is 70.2 Å². The number of ether oxygens (including phenoxy) is 4. The molecule has 4 aliphatic heterocycles. The number of hydrogen-bond acceptors (Lipinski definition) is 20. The smallest absolute Gasteiger partial charge is 0.253 e. The van der Waals surface area contributed by atoms with Crippen LogP contribution in [0.15, 0.2) is 245 Å². The molecule has 0 aliphatic carbocycles. The molecule has 4 N–H and O–H groups in total. The lowest BCUT2D eigenvalue weighted by atomic mass is 9.89. The Kier molecular flexibility index (Phi) is 35.5. The van der Waals surface area contributed by atoms with E-state index >= 15 is 0 Å². The molecular weight excluding hydrogens is 1840 g/mol. The minimum Gasteiger partial charge on any atom is -0.358 e. The molecule has 12 aromatic rings. The lowest BCUT2D eigenvalue weighted by Crippen LogP contribution is -2.52. The molecule has 4 aromatic heterocycles. The van der Waals surface area contributed by atoms with Crippen molar-refractivity contribution < 1.29 is 38.1 Å². The number of carbonyl (C=O) groups excluding carboxylic acids is 4. The first kappa shape index (κ1) is 98.5. The summed E-state index contributed by atoms with van der Waals surface area (Å²) in [7, 11) is 0. The molecule has 4 fully saturated rings. The third kappa shape index (κ3) is 23.6. The van der Waals surface area contributed by atoms with Crippen molar-refractivity contribution in [3.8, 4) is 0 Å². The van der Waals surface area contributed by atoms with Gasteiger partial charge in [-0.05, 0) is 167 Å². The second-order valence-corrected chi connectivity index (χ2v) is 35.3. The first-order chi connectivity index (χ1) is 64.1. The van der Waals surface area contributed by atoms with Crippen molar-refractivity contribution in [2.45, 2.75) is 202 Å². The van der Waals surface area contributed by atoms with Crippen LogP contribution in [0, 0.1) is 0 Å². The normalized spacial score (nSPS) is 21.7. The molecule has 0 radical (unpaired) electrons. The molecule has 4 amide bonds. The molecule has 688 valence electrons. The van der Waals surface area contributed by atoms with Crippen LogP contribution in [0.25, 0.3) is 0 Å². The molecule has 36 heteroatoms. The van der Waals surface area contributed by atoms with Crippen LogP contribution in [0.3, 0.4) is 0 Å². The lowest BCUT2D eigenvalue weighted by Gasteiger charge is -2.47. The Labute approximate surface area is 805 Å². The van der Waals surface area contributed by atoms with Crippen molar-refractivity contribution in [3.63, 3.8) is 0 Å². The van der Waals surface area contributed by atoms with Gasteiger partial charge in [-0.3, -0.25) is 19.2 Å². The summed E-state index contributed by atoms with van der Waals surface area (Å²) >= 11 is 50.0. The second-order valence-electron chi connectivity index (χ2n) is 31.8. The molecule has 0 spiro atoms. The zero-order valence-electron chi connectivity index (χ0n) is 72.8. The fraction of sp³-hybridized carbons (Fsp3) is 0.333. The van der Waals surface area contributed by atoms with Gasteiger partial charge in [-0.25, -0.2) is 0 Å². The SMILES string of the molecule is C=CC[C@@H]1O[C@@H](c2cccc(Cl)c2)[C@@H](c2ccc(Cl)cc2)N(C(CCC)c2nn[nH]n2)C1=O.C=CC[C@@H]1O[C@@H](c2cccc(Cl)c2)[C@@H](c2ccc(Cl)cc2)N([C@H](CCC)c2nn[nH]n2)C1=O.C=CC[C@H]1O[C@H](c2cccc(Cl)c2)[C@H](c2ccc(Cl)cc2)N(C(CCC)c2nn[nH]n2)C1=O.C=CC[C@H]1O[C@H](c2cccc(Cl)c2)[C@H](c2ccc(Cl)cc2)N([C@H](CCC)c2nn[nH]n2)C1=O. The highest BCUT2D eigenvalue weighted by Gasteiger charge is 2.53. The standard InChI is InChI=1S/4C24H25Cl2N5O2/c4*1-3-6-19(23-27-29-30-28-23)31-21(15-10-12-17(25)13-11-15)22(16-8-5-9-18(26)14-16)33-20(7-4-2)24(31)32/h4*4-5,8-14,19-22H,2-3,6-7H2,1H3,(H,27,28,29,30)/t2*19?,20-,21+,22-;19-,20+,21-,22+;19-,20-,21+,22-/m1011/s1. The monoisotopic (exact) mass is 1940 g/mol. The molecule has 16 rings (SSSR count). The predicted octanol–water partition coefficient (Wildman–Crippen LogP) is 22.5. The van der Waals surface area contributed by atoms with Gasteiger partial charge in [0.2, 0.25) is 0 Å². The maximum Gasteiger partial charge on any atom is 0.253 e. The molecule has 132 heavy (non-hydrogen) atoms. The number of nitrogens with zero attached hydrogens (tertiary/aromatic N) is 16. The van der Waals surface area contributed by atoms with Crippen molar-refractivity contribution in [1.82, 2.24) is 102 Å². The van der Waals surface area contributed by atoms with Gasteiger partial charge in [0.25, 0.3) is 23.6 Å². The van der Waals surface area contributed by atoms with E-state index in [2.05, 4.69) is 137 Å². The number of aromatic amines is 4. The van der Waals surface area contributed by atoms with Crippen LogP contribution >= 0.6 is 92.8 Å². The fourth-order valence-corrected chi connectivity index (χ4v) is 18.6. The van der Waals surface area contributed by atoms with E-state index < -0.39 is 73.0 Å². The Morgan fingerprint density at radius 1 is 0.295 bits per heavy atom. The summed E-state index contributed by atoms with van der Waals surface area (Å²) < 4.78 is 25.7. The topological polar surface area (TPSA) is 336 Å². The quantitative estimate of drug-likeness (QED) is 0.0285. The first-order valence-corrected chi connectivity index (χ1v) is 46.5. The van der Waals surface area contributed by atoms with Crippen LogP contribution in [0.2, 0.25) is 40.2 Å². The molecule has 4 saturated heterocycles.